The highest BCUT2D eigenvalue weighted by Crippen LogP contribution is 2.27. The standard InChI is InChI=1S/C15H16FNO5S2/c1-11-7-13(4-5-15(11)16)24(20,21)17-8-14(9-17)23(18,19)10-12-3-2-6-22-12/h2-7,14H,8-10H2,1H3. The average molecular weight is 373 g/mol. The lowest BCUT2D eigenvalue weighted by molar-refractivity contribution is 0.309. The minimum atomic E-state index is -3.82. The second kappa shape index (κ2) is 5.98. The molecular weight excluding hydrogens is 357 g/mol. The third-order valence-electron chi connectivity index (χ3n) is 4.01. The van der Waals surface area contributed by atoms with Crippen LogP contribution in [0, 0.1) is 12.7 Å². The van der Waals surface area contributed by atoms with Crippen molar-refractivity contribution in [3.8, 4) is 0 Å². The topological polar surface area (TPSA) is 84.7 Å². The van der Waals surface area contributed by atoms with Gasteiger partial charge in [0.25, 0.3) is 0 Å². The normalized spacial score (nSPS) is 16.9. The molecule has 1 fully saturated rings. The van der Waals surface area contributed by atoms with E-state index < -0.39 is 30.9 Å². The summed E-state index contributed by atoms with van der Waals surface area (Å²) < 4.78 is 68.8. The Morgan fingerprint density at radius 1 is 1.21 bits per heavy atom. The summed E-state index contributed by atoms with van der Waals surface area (Å²) in [5.41, 5.74) is 0.221. The minimum absolute atomic E-state index is 0.0386. The van der Waals surface area contributed by atoms with E-state index in [-0.39, 0.29) is 29.3 Å². The van der Waals surface area contributed by atoms with E-state index in [1.165, 1.54) is 25.3 Å². The fourth-order valence-electron chi connectivity index (χ4n) is 2.46. The fraction of sp³-hybridized carbons (Fsp3) is 0.333. The minimum Gasteiger partial charge on any atom is -0.468 e. The number of sulfonamides is 1. The number of rotatable bonds is 5. The van der Waals surface area contributed by atoms with Crippen LogP contribution in [0.25, 0.3) is 0 Å². The highest BCUT2D eigenvalue weighted by Gasteiger charge is 2.43. The number of furan rings is 1. The lowest BCUT2D eigenvalue weighted by atomic mass is 10.2. The molecule has 1 saturated heterocycles. The SMILES string of the molecule is Cc1cc(S(=O)(=O)N2CC(S(=O)(=O)Cc3ccco3)C2)ccc1F. The molecule has 3 rings (SSSR count). The van der Waals surface area contributed by atoms with Gasteiger partial charge in [-0.25, -0.2) is 21.2 Å². The van der Waals surface area contributed by atoms with Gasteiger partial charge >= 0.3 is 0 Å². The molecule has 1 aliphatic rings. The van der Waals surface area contributed by atoms with Gasteiger partial charge in [0, 0.05) is 13.1 Å². The summed E-state index contributed by atoms with van der Waals surface area (Å²) in [6.07, 6.45) is 1.39. The summed E-state index contributed by atoms with van der Waals surface area (Å²) in [4.78, 5) is -0.0386. The third-order valence-corrected chi connectivity index (χ3v) is 7.84. The number of hydrogen-bond donors (Lipinski definition) is 0. The van der Waals surface area contributed by atoms with E-state index >= 15 is 0 Å². The van der Waals surface area contributed by atoms with Crippen LogP contribution >= 0.6 is 0 Å². The molecule has 0 unspecified atom stereocenters. The highest BCUT2D eigenvalue weighted by atomic mass is 32.2. The molecule has 24 heavy (non-hydrogen) atoms. The lowest BCUT2D eigenvalue weighted by Crippen LogP contribution is -2.56. The first-order valence-electron chi connectivity index (χ1n) is 7.20. The van der Waals surface area contributed by atoms with Gasteiger partial charge in [-0.1, -0.05) is 0 Å². The summed E-state index contributed by atoms with van der Waals surface area (Å²) in [6, 6.07) is 6.68. The third kappa shape index (κ3) is 3.11. The van der Waals surface area contributed by atoms with E-state index in [0.717, 1.165) is 10.4 Å². The summed E-state index contributed by atoms with van der Waals surface area (Å²) >= 11 is 0. The van der Waals surface area contributed by atoms with Crippen LogP contribution in [0.3, 0.4) is 0 Å². The van der Waals surface area contributed by atoms with E-state index in [0.29, 0.717) is 5.76 Å². The molecule has 0 saturated carbocycles. The van der Waals surface area contributed by atoms with Gasteiger partial charge in [-0.3, -0.25) is 0 Å². The largest absolute Gasteiger partial charge is 0.468 e. The van der Waals surface area contributed by atoms with Gasteiger partial charge in [0.1, 0.15) is 17.3 Å². The van der Waals surface area contributed by atoms with E-state index in [4.69, 9.17) is 4.42 Å². The molecule has 0 radical (unpaired) electrons. The van der Waals surface area contributed by atoms with E-state index in [9.17, 15) is 21.2 Å². The first kappa shape index (κ1) is 17.1. The Kier molecular flexibility index (Phi) is 4.27. The molecule has 1 aromatic carbocycles. The average Bonchev–Trinajstić information content (AvgIpc) is 2.91. The fourth-order valence-corrected chi connectivity index (χ4v) is 5.88. The Bertz CT molecular complexity index is 946. The maximum Gasteiger partial charge on any atom is 0.243 e. The summed E-state index contributed by atoms with van der Waals surface area (Å²) in [5, 5.41) is -0.765. The number of nitrogens with zero attached hydrogens (tertiary/aromatic N) is 1. The zero-order valence-electron chi connectivity index (χ0n) is 12.8. The van der Waals surface area contributed by atoms with Crippen molar-refractivity contribution < 1.29 is 25.6 Å². The predicted molar refractivity (Wildman–Crippen MR) is 85.0 cm³/mol. The molecule has 2 heterocycles. The van der Waals surface area contributed by atoms with Gasteiger partial charge in [0.05, 0.1) is 16.4 Å². The molecule has 6 nitrogen and oxygen atoms in total. The number of hydrogen-bond acceptors (Lipinski definition) is 5. The quantitative estimate of drug-likeness (QED) is 0.797. The first-order valence-corrected chi connectivity index (χ1v) is 10.4. The van der Waals surface area contributed by atoms with Crippen molar-refractivity contribution in [2.45, 2.75) is 22.8 Å². The Morgan fingerprint density at radius 3 is 2.50 bits per heavy atom. The van der Waals surface area contributed by atoms with Crippen molar-refractivity contribution in [3.05, 3.63) is 53.7 Å². The molecule has 0 aliphatic carbocycles. The Morgan fingerprint density at radius 2 is 1.92 bits per heavy atom. The van der Waals surface area contributed by atoms with Crippen LogP contribution in [-0.4, -0.2) is 39.5 Å². The van der Waals surface area contributed by atoms with Crippen molar-refractivity contribution in [3.63, 3.8) is 0 Å². The van der Waals surface area contributed by atoms with Gasteiger partial charge in [-0.05, 0) is 42.8 Å². The molecule has 1 aliphatic heterocycles. The van der Waals surface area contributed by atoms with Crippen LogP contribution in [0.4, 0.5) is 4.39 Å². The van der Waals surface area contributed by atoms with Gasteiger partial charge < -0.3 is 4.42 Å². The zero-order chi connectivity index (χ0) is 17.5. The van der Waals surface area contributed by atoms with Crippen molar-refractivity contribution in [2.75, 3.05) is 13.1 Å². The van der Waals surface area contributed by atoms with Crippen LogP contribution < -0.4 is 0 Å². The van der Waals surface area contributed by atoms with E-state index in [2.05, 4.69) is 0 Å². The Balaban J connectivity index is 1.72. The molecule has 0 bridgehead atoms. The van der Waals surface area contributed by atoms with Crippen molar-refractivity contribution >= 4 is 19.9 Å². The van der Waals surface area contributed by atoms with Crippen LogP contribution in [0.5, 0.6) is 0 Å². The maximum absolute atomic E-state index is 13.3. The number of aryl methyl sites for hydroxylation is 1. The number of halogens is 1. The smallest absolute Gasteiger partial charge is 0.243 e. The number of benzene rings is 1. The van der Waals surface area contributed by atoms with Crippen LogP contribution in [0.1, 0.15) is 11.3 Å². The van der Waals surface area contributed by atoms with Crippen molar-refractivity contribution in [1.29, 1.82) is 0 Å². The monoisotopic (exact) mass is 373 g/mol. The molecule has 9 heteroatoms. The van der Waals surface area contributed by atoms with Crippen LogP contribution in [0.2, 0.25) is 0 Å². The van der Waals surface area contributed by atoms with Crippen molar-refractivity contribution in [1.82, 2.24) is 4.31 Å². The van der Waals surface area contributed by atoms with Gasteiger partial charge in [-0.2, -0.15) is 4.31 Å². The van der Waals surface area contributed by atoms with Crippen LogP contribution in [0.15, 0.2) is 45.9 Å². The lowest BCUT2D eigenvalue weighted by Gasteiger charge is -2.37. The molecule has 2 aromatic rings. The summed E-state index contributed by atoms with van der Waals surface area (Å²) in [5.74, 6) is -0.421. The Labute approximate surface area is 139 Å². The first-order chi connectivity index (χ1) is 11.2. The molecule has 1 aromatic heterocycles. The molecule has 0 spiro atoms. The molecule has 0 amide bonds. The zero-order valence-corrected chi connectivity index (χ0v) is 14.5. The van der Waals surface area contributed by atoms with E-state index in [1.54, 1.807) is 12.1 Å². The maximum atomic E-state index is 13.3. The second-order valence-corrected chi connectivity index (χ2v) is 9.96. The van der Waals surface area contributed by atoms with Gasteiger partial charge in [0.15, 0.2) is 9.84 Å². The highest BCUT2D eigenvalue weighted by molar-refractivity contribution is 7.92. The second-order valence-electron chi connectivity index (χ2n) is 5.74. The van der Waals surface area contributed by atoms with Gasteiger partial charge in [-0.15, -0.1) is 0 Å². The summed E-state index contributed by atoms with van der Waals surface area (Å²) in [6.45, 7) is 1.25. The summed E-state index contributed by atoms with van der Waals surface area (Å²) in [7, 11) is -7.31. The van der Waals surface area contributed by atoms with Crippen molar-refractivity contribution in [2.24, 2.45) is 0 Å². The molecule has 130 valence electrons. The predicted octanol–water partition coefficient (Wildman–Crippen LogP) is 1.72. The number of sulfone groups is 1. The van der Waals surface area contributed by atoms with Crippen LogP contribution in [-0.2, 0) is 25.6 Å². The van der Waals surface area contributed by atoms with Gasteiger partial charge in [0.2, 0.25) is 10.0 Å². The van der Waals surface area contributed by atoms with E-state index in [1.807, 2.05) is 0 Å². The molecule has 0 N–H and O–H groups in total. The Hall–Kier alpha value is -1.71. The molecule has 0 atom stereocenters. The molecular formula is C15H16FNO5S2.